The van der Waals surface area contributed by atoms with E-state index in [-0.39, 0.29) is 12.2 Å². The molecule has 96 valence electrons. The monoisotopic (exact) mass is 316 g/mol. The highest BCUT2D eigenvalue weighted by Gasteiger charge is 1.97. The number of alkyl halides is 1. The maximum Gasteiger partial charge on any atom is 0.218 e. The number of aromatic nitrogens is 2. The van der Waals surface area contributed by atoms with Crippen molar-refractivity contribution in [2.45, 2.75) is 11.9 Å². The highest BCUT2D eigenvalue weighted by molar-refractivity contribution is 9.08. The molecule has 0 radical (unpaired) electrons. The van der Waals surface area contributed by atoms with Gasteiger partial charge in [0.2, 0.25) is 11.9 Å². The van der Waals surface area contributed by atoms with Crippen molar-refractivity contribution in [1.82, 2.24) is 9.97 Å². The molecule has 0 atom stereocenters. The van der Waals surface area contributed by atoms with Crippen LogP contribution in [0.15, 0.2) is 36.7 Å². The third kappa shape index (κ3) is 4.46. The summed E-state index contributed by atoms with van der Waals surface area (Å²) >= 11 is 3.13. The minimum atomic E-state index is -0.597. The Labute approximate surface area is 112 Å². The molecule has 0 aliphatic heterocycles. The van der Waals surface area contributed by atoms with Gasteiger partial charge in [0.25, 0.3) is 0 Å². The van der Waals surface area contributed by atoms with E-state index >= 15 is 0 Å². The van der Waals surface area contributed by atoms with Gasteiger partial charge in [0.15, 0.2) is 0 Å². The molecule has 2 rings (SSSR count). The summed E-state index contributed by atoms with van der Waals surface area (Å²) in [5, 5.41) is 8.96. The predicted molar refractivity (Wildman–Crippen MR) is 66.9 cm³/mol. The Morgan fingerprint density at radius 3 is 1.78 bits per heavy atom. The second kappa shape index (κ2) is 7.84. The molecule has 6 heteroatoms. The molecule has 0 bridgehead atoms. The zero-order valence-corrected chi connectivity index (χ0v) is 10.9. The Hall–Kier alpha value is -1.40. The van der Waals surface area contributed by atoms with Crippen LogP contribution in [0.3, 0.4) is 0 Å². The van der Waals surface area contributed by atoms with Crippen LogP contribution in [0.4, 0.5) is 8.78 Å². The summed E-state index contributed by atoms with van der Waals surface area (Å²) in [7, 11) is 0. The van der Waals surface area contributed by atoms with Gasteiger partial charge in [0, 0.05) is 28.9 Å². The second-order valence-electron chi connectivity index (χ2n) is 3.20. The zero-order valence-electron chi connectivity index (χ0n) is 9.35. The van der Waals surface area contributed by atoms with Crippen LogP contribution in [-0.2, 0) is 11.9 Å². The summed E-state index contributed by atoms with van der Waals surface area (Å²) in [6.07, 6.45) is 2.77. The number of pyridine rings is 2. The standard InChI is InChI=1S/C6H5BrFN.C6H6FNO/c7-4-5-2-1-3-9-6(5)8;7-6-5(4-9)2-1-3-8-6/h1-3H,4H2;1-3,9H,4H2. The van der Waals surface area contributed by atoms with E-state index in [1.807, 2.05) is 0 Å². The molecule has 0 saturated carbocycles. The van der Waals surface area contributed by atoms with Gasteiger partial charge in [-0.1, -0.05) is 28.1 Å². The molecular formula is C12H11BrF2N2O. The summed E-state index contributed by atoms with van der Waals surface area (Å²) in [6.45, 7) is -0.292. The predicted octanol–water partition coefficient (Wildman–Crippen LogP) is 2.83. The van der Waals surface area contributed by atoms with Crippen LogP contribution < -0.4 is 0 Å². The van der Waals surface area contributed by atoms with Gasteiger partial charge in [-0.2, -0.15) is 8.78 Å². The number of aliphatic hydroxyl groups is 1. The summed E-state index contributed by atoms with van der Waals surface area (Å²) in [5.41, 5.74) is 0.829. The van der Waals surface area contributed by atoms with Crippen molar-refractivity contribution in [2.24, 2.45) is 0 Å². The second-order valence-corrected chi connectivity index (χ2v) is 3.76. The van der Waals surface area contributed by atoms with E-state index in [9.17, 15) is 8.78 Å². The Bertz CT molecular complexity index is 452. The number of rotatable bonds is 2. The first-order valence-electron chi connectivity index (χ1n) is 5.04. The maximum absolute atomic E-state index is 12.4. The fourth-order valence-corrected chi connectivity index (χ4v) is 1.47. The number of nitrogens with zero attached hydrogens (tertiary/aromatic N) is 2. The minimum Gasteiger partial charge on any atom is -0.392 e. The molecule has 3 nitrogen and oxygen atoms in total. The van der Waals surface area contributed by atoms with Gasteiger partial charge >= 0.3 is 0 Å². The van der Waals surface area contributed by atoms with E-state index in [1.165, 1.54) is 18.5 Å². The van der Waals surface area contributed by atoms with Crippen molar-refractivity contribution in [3.05, 3.63) is 59.7 Å². The van der Waals surface area contributed by atoms with Crippen LogP contribution in [0, 0.1) is 11.9 Å². The Morgan fingerprint density at radius 2 is 1.50 bits per heavy atom. The van der Waals surface area contributed by atoms with Gasteiger partial charge in [-0.15, -0.1) is 0 Å². The van der Waals surface area contributed by atoms with Crippen LogP contribution >= 0.6 is 15.9 Å². The number of hydrogen-bond acceptors (Lipinski definition) is 3. The zero-order chi connectivity index (χ0) is 13.4. The van der Waals surface area contributed by atoms with Crippen molar-refractivity contribution in [1.29, 1.82) is 0 Å². The summed E-state index contributed by atoms with van der Waals surface area (Å²) < 4.78 is 24.8. The molecular weight excluding hydrogens is 306 g/mol. The highest BCUT2D eigenvalue weighted by Crippen LogP contribution is 2.06. The molecule has 1 N–H and O–H groups in total. The Kier molecular flexibility index (Phi) is 6.38. The fourth-order valence-electron chi connectivity index (χ4n) is 1.06. The van der Waals surface area contributed by atoms with Crippen LogP contribution in [0.25, 0.3) is 0 Å². The molecule has 0 fully saturated rings. The van der Waals surface area contributed by atoms with Crippen LogP contribution in [0.1, 0.15) is 11.1 Å². The Balaban J connectivity index is 0.000000180. The van der Waals surface area contributed by atoms with E-state index in [4.69, 9.17) is 5.11 Å². The van der Waals surface area contributed by atoms with Crippen molar-refractivity contribution < 1.29 is 13.9 Å². The van der Waals surface area contributed by atoms with Gasteiger partial charge in [-0.3, -0.25) is 0 Å². The molecule has 2 aromatic rings. The van der Waals surface area contributed by atoms with Gasteiger partial charge in [0.1, 0.15) is 0 Å². The molecule has 0 amide bonds. The van der Waals surface area contributed by atoms with Gasteiger partial charge < -0.3 is 5.11 Å². The number of hydrogen-bond donors (Lipinski definition) is 1. The van der Waals surface area contributed by atoms with E-state index in [1.54, 1.807) is 18.2 Å². The Morgan fingerprint density at radius 1 is 1.00 bits per heavy atom. The van der Waals surface area contributed by atoms with Gasteiger partial charge in [-0.05, 0) is 12.1 Å². The van der Waals surface area contributed by atoms with Crippen molar-refractivity contribution >= 4 is 15.9 Å². The average Bonchev–Trinajstić information content (AvgIpc) is 2.41. The third-order valence-electron chi connectivity index (χ3n) is 1.99. The quantitative estimate of drug-likeness (QED) is 0.684. The lowest BCUT2D eigenvalue weighted by molar-refractivity contribution is 0.274. The normalized spacial score (nSPS) is 9.56. The minimum absolute atomic E-state index is 0.234. The molecule has 0 aromatic carbocycles. The lowest BCUT2D eigenvalue weighted by Crippen LogP contribution is -1.90. The average molecular weight is 317 g/mol. The smallest absolute Gasteiger partial charge is 0.218 e. The lowest BCUT2D eigenvalue weighted by Gasteiger charge is -1.93. The highest BCUT2D eigenvalue weighted by atomic mass is 79.9. The molecule has 0 aliphatic rings. The van der Waals surface area contributed by atoms with Crippen molar-refractivity contribution in [3.8, 4) is 0 Å². The summed E-state index contributed by atoms with van der Waals surface area (Å²) in [6, 6.07) is 6.47. The first-order chi connectivity index (χ1) is 8.69. The molecule has 0 unspecified atom stereocenters. The van der Waals surface area contributed by atoms with Crippen molar-refractivity contribution in [3.63, 3.8) is 0 Å². The van der Waals surface area contributed by atoms with Crippen LogP contribution in [0.5, 0.6) is 0 Å². The molecule has 0 saturated heterocycles. The SMILES string of the molecule is Fc1ncccc1CBr.OCc1cccnc1F. The topological polar surface area (TPSA) is 46.0 Å². The van der Waals surface area contributed by atoms with E-state index in [0.29, 0.717) is 10.9 Å². The van der Waals surface area contributed by atoms with Gasteiger partial charge in [0.05, 0.1) is 6.61 Å². The van der Waals surface area contributed by atoms with E-state index in [0.717, 1.165) is 0 Å². The third-order valence-corrected chi connectivity index (χ3v) is 2.59. The fraction of sp³-hybridized carbons (Fsp3) is 0.167. The van der Waals surface area contributed by atoms with Gasteiger partial charge in [-0.25, -0.2) is 9.97 Å². The maximum atomic E-state index is 12.4. The number of halogens is 3. The number of aliphatic hydroxyl groups excluding tert-OH is 1. The lowest BCUT2D eigenvalue weighted by atomic mass is 10.3. The first kappa shape index (κ1) is 14.7. The molecule has 0 spiro atoms. The molecule has 2 aromatic heterocycles. The van der Waals surface area contributed by atoms with E-state index < -0.39 is 11.9 Å². The van der Waals surface area contributed by atoms with E-state index in [2.05, 4.69) is 25.9 Å². The molecule has 0 aliphatic carbocycles. The van der Waals surface area contributed by atoms with Crippen LogP contribution in [-0.4, -0.2) is 15.1 Å². The summed E-state index contributed by atoms with van der Waals surface area (Å²) in [4.78, 5) is 6.78. The van der Waals surface area contributed by atoms with Crippen LogP contribution in [0.2, 0.25) is 0 Å². The largest absolute Gasteiger partial charge is 0.392 e. The first-order valence-corrected chi connectivity index (χ1v) is 6.16. The summed E-state index contributed by atoms with van der Waals surface area (Å²) in [5.74, 6) is -0.991. The molecule has 2 heterocycles. The van der Waals surface area contributed by atoms with Crippen molar-refractivity contribution in [2.75, 3.05) is 0 Å². The molecule has 18 heavy (non-hydrogen) atoms.